The van der Waals surface area contributed by atoms with E-state index in [-0.39, 0.29) is 10.8 Å². The van der Waals surface area contributed by atoms with Gasteiger partial charge in [0.1, 0.15) is 0 Å². The van der Waals surface area contributed by atoms with Gasteiger partial charge in [-0.05, 0) is 81.4 Å². The summed E-state index contributed by atoms with van der Waals surface area (Å²) in [4.78, 5) is 17.9. The Morgan fingerprint density at radius 2 is 1.97 bits per heavy atom. The molecule has 6 heteroatoms. The highest BCUT2D eigenvalue weighted by Crippen LogP contribution is 2.79. The number of hydrogen-bond acceptors (Lipinski definition) is 4. The number of carbonyl (C=O) groups excluding carboxylic acids is 1. The number of aliphatic imine (C=N–C) groups is 1. The van der Waals surface area contributed by atoms with Crippen molar-refractivity contribution in [1.29, 1.82) is 0 Å². The largest absolute Gasteiger partial charge is 0.545 e. The van der Waals surface area contributed by atoms with Crippen molar-refractivity contribution < 1.29 is 14.8 Å². The lowest BCUT2D eigenvalue weighted by Gasteiger charge is -2.64. The fourth-order valence-electron chi connectivity index (χ4n) is 9.28. The molecule has 1 aliphatic heterocycles. The van der Waals surface area contributed by atoms with Crippen LogP contribution in [0.25, 0.3) is 0 Å². The van der Waals surface area contributed by atoms with Crippen LogP contribution in [0.4, 0.5) is 0 Å². The number of aliphatic carboxylic acids is 1. The van der Waals surface area contributed by atoms with Gasteiger partial charge >= 0.3 is 0 Å². The van der Waals surface area contributed by atoms with Crippen LogP contribution in [0.15, 0.2) is 16.1 Å². The lowest BCUT2D eigenvalue weighted by atomic mass is 9.41. The van der Waals surface area contributed by atoms with Gasteiger partial charge in [-0.3, -0.25) is 4.90 Å². The average molecular weight is 401 g/mol. The number of nitrogens with zero attached hydrogens (tertiary/aromatic N) is 1. The molecule has 29 heavy (non-hydrogen) atoms. The summed E-state index contributed by atoms with van der Waals surface area (Å²) in [5, 5.41) is 15.7. The van der Waals surface area contributed by atoms with Gasteiger partial charge in [-0.2, -0.15) is 0 Å². The van der Waals surface area contributed by atoms with Gasteiger partial charge in [0.15, 0.2) is 0 Å². The second kappa shape index (κ2) is 6.81. The fraction of sp³-hybridized carbons (Fsp3) is 0.826. The molecule has 7 unspecified atom stereocenters. The van der Waals surface area contributed by atoms with Gasteiger partial charge in [0, 0.05) is 24.3 Å². The van der Waals surface area contributed by atoms with Gasteiger partial charge in [0.05, 0.1) is 19.1 Å². The minimum absolute atomic E-state index is 0.0603. The molecule has 1 saturated heterocycles. The molecule has 0 aromatic carbocycles. The normalized spacial score (nSPS) is 46.3. The van der Waals surface area contributed by atoms with E-state index >= 15 is 0 Å². The zero-order valence-electron chi connectivity index (χ0n) is 17.9. The molecule has 0 amide bonds. The highest BCUT2D eigenvalue weighted by atomic mass is 16.4. The molecule has 0 radical (unpaired) electrons. The number of rotatable bonds is 3. The number of allylic oxidation sites excluding steroid dienone is 1. The summed E-state index contributed by atoms with van der Waals surface area (Å²) in [6, 6.07) is 0. The number of quaternary nitrogens is 1. The Balaban J connectivity index is 1.72. The second-order valence-corrected chi connectivity index (χ2v) is 10.3. The summed E-state index contributed by atoms with van der Waals surface area (Å²) in [5.74, 6) is 2.08. The van der Waals surface area contributed by atoms with Crippen LogP contribution < -0.4 is 21.1 Å². The number of nitrogens with two attached hydrogens (primary N) is 1. The van der Waals surface area contributed by atoms with E-state index in [2.05, 4.69) is 17.4 Å². The molecule has 0 aromatic rings. The van der Waals surface area contributed by atoms with Crippen molar-refractivity contribution in [2.75, 3.05) is 33.7 Å². The number of guanidine groups is 1. The van der Waals surface area contributed by atoms with E-state index in [9.17, 15) is 9.90 Å². The first-order valence-electron chi connectivity index (χ1n) is 11.7. The Hall–Kier alpha value is -1.40. The van der Waals surface area contributed by atoms with E-state index < -0.39 is 5.97 Å². The molecule has 2 bridgehead atoms. The molecule has 3 saturated carbocycles. The molecular weight excluding hydrogens is 364 g/mol. The van der Waals surface area contributed by atoms with Crippen LogP contribution in [-0.4, -0.2) is 45.7 Å². The van der Waals surface area contributed by atoms with E-state index in [0.29, 0.717) is 29.2 Å². The monoisotopic (exact) mass is 400 g/mol. The second-order valence-electron chi connectivity index (χ2n) is 10.3. The van der Waals surface area contributed by atoms with Gasteiger partial charge in [0.25, 0.3) is 5.96 Å². The topological polar surface area (TPSA) is 95.0 Å². The zero-order valence-corrected chi connectivity index (χ0v) is 17.9. The smallest absolute Gasteiger partial charge is 0.293 e. The Kier molecular flexibility index (Phi) is 4.59. The van der Waals surface area contributed by atoms with E-state index in [1.165, 1.54) is 42.6 Å². The van der Waals surface area contributed by atoms with Gasteiger partial charge in [0.2, 0.25) is 0 Å². The van der Waals surface area contributed by atoms with Gasteiger partial charge in [-0.15, -0.1) is 0 Å². The molecule has 4 fully saturated rings. The van der Waals surface area contributed by atoms with Crippen molar-refractivity contribution in [3.63, 3.8) is 0 Å². The summed E-state index contributed by atoms with van der Waals surface area (Å²) in [6.07, 6.45) is 9.03. The highest BCUT2D eigenvalue weighted by molar-refractivity contribution is 5.87. The number of hydrogen-bond donors (Lipinski definition) is 3. The molecule has 0 aromatic heterocycles. The molecule has 5 rings (SSSR count). The number of carbonyl (C=O) groups is 1. The average Bonchev–Trinajstić information content (AvgIpc) is 3.10. The van der Waals surface area contributed by atoms with Crippen LogP contribution in [0, 0.1) is 34.5 Å². The number of carboxylic acids is 1. The molecular formula is C23H36N4O2. The van der Waals surface area contributed by atoms with E-state index in [4.69, 9.17) is 5.73 Å². The Labute approximate surface area is 174 Å². The van der Waals surface area contributed by atoms with E-state index in [1.807, 2.05) is 0 Å². The number of likely N-dealkylation sites (tertiary alicyclic amines) is 1. The maximum absolute atomic E-state index is 12.2. The standard InChI is InChI=1S/C23H36N4O2/c1-25-12-17-8-9-27(21(24)26-2)13-22(17)15-7-6-14-4-3-5-16-10-18(20(28)29)19(11-15)23(14,16)22/h14-17,25H,3-13H2,1-2H3,(H2,24,26)(H,28,29). The van der Waals surface area contributed by atoms with Crippen molar-refractivity contribution in [3.05, 3.63) is 11.1 Å². The third kappa shape index (κ3) is 2.30. The third-order valence-corrected chi connectivity index (χ3v) is 9.85. The van der Waals surface area contributed by atoms with Crippen LogP contribution in [0.3, 0.4) is 0 Å². The zero-order chi connectivity index (χ0) is 20.4. The van der Waals surface area contributed by atoms with E-state index in [0.717, 1.165) is 44.9 Å². The number of nitrogens with one attached hydrogen (secondary N) is 2. The lowest BCUT2D eigenvalue weighted by Crippen LogP contribution is -3.19. The molecule has 4 N–H and O–H groups in total. The first kappa shape index (κ1) is 19.6. The van der Waals surface area contributed by atoms with Gasteiger partial charge < -0.3 is 21.0 Å². The first-order chi connectivity index (χ1) is 14.0. The SMILES string of the molecule is CN=C(N)[NH+]1CCC(CNC)C2(C1)C1CCC3CCCC4CC(C(=O)[O-])=C(C1)C342. The first-order valence-corrected chi connectivity index (χ1v) is 11.7. The van der Waals surface area contributed by atoms with Crippen LogP contribution in [-0.2, 0) is 4.79 Å². The summed E-state index contributed by atoms with van der Waals surface area (Å²) in [7, 11) is 3.86. The predicted octanol–water partition coefficient (Wildman–Crippen LogP) is -0.292. The maximum Gasteiger partial charge on any atom is 0.293 e. The Morgan fingerprint density at radius 3 is 2.69 bits per heavy atom. The quantitative estimate of drug-likeness (QED) is 0.448. The molecule has 2 spiro atoms. The minimum atomic E-state index is -0.898. The predicted molar refractivity (Wildman–Crippen MR) is 110 cm³/mol. The minimum Gasteiger partial charge on any atom is -0.545 e. The molecule has 160 valence electrons. The van der Waals surface area contributed by atoms with Crippen molar-refractivity contribution in [2.24, 2.45) is 45.2 Å². The molecule has 6 nitrogen and oxygen atoms in total. The lowest BCUT2D eigenvalue weighted by molar-refractivity contribution is -0.829. The molecule has 5 aliphatic rings. The summed E-state index contributed by atoms with van der Waals surface area (Å²) >= 11 is 0. The van der Waals surface area contributed by atoms with Crippen LogP contribution in [0.2, 0.25) is 0 Å². The fourth-order valence-corrected chi connectivity index (χ4v) is 9.28. The van der Waals surface area contributed by atoms with Crippen LogP contribution >= 0.6 is 0 Å². The van der Waals surface area contributed by atoms with Crippen molar-refractivity contribution in [3.8, 4) is 0 Å². The van der Waals surface area contributed by atoms with Crippen LogP contribution in [0.5, 0.6) is 0 Å². The van der Waals surface area contributed by atoms with Crippen LogP contribution in [0.1, 0.15) is 51.4 Å². The third-order valence-electron chi connectivity index (χ3n) is 9.85. The maximum atomic E-state index is 12.2. The molecule has 7 atom stereocenters. The van der Waals surface area contributed by atoms with Crippen molar-refractivity contribution >= 4 is 11.9 Å². The van der Waals surface area contributed by atoms with E-state index in [1.54, 1.807) is 7.05 Å². The summed E-state index contributed by atoms with van der Waals surface area (Å²) in [6.45, 7) is 3.06. The van der Waals surface area contributed by atoms with Gasteiger partial charge in [-0.25, -0.2) is 4.99 Å². The Morgan fingerprint density at radius 1 is 1.21 bits per heavy atom. The number of piperidine rings is 1. The molecule has 1 heterocycles. The Bertz CT molecular complexity index is 777. The molecule has 4 aliphatic carbocycles. The number of carboxylic acid groups (broad SMARTS) is 1. The highest BCUT2D eigenvalue weighted by Gasteiger charge is 2.76. The summed E-state index contributed by atoms with van der Waals surface area (Å²) in [5.41, 5.74) is 8.56. The van der Waals surface area contributed by atoms with Gasteiger partial charge in [-0.1, -0.05) is 12.0 Å². The summed E-state index contributed by atoms with van der Waals surface area (Å²) < 4.78 is 0. The van der Waals surface area contributed by atoms with Crippen molar-refractivity contribution in [1.82, 2.24) is 5.32 Å². The van der Waals surface area contributed by atoms with Crippen molar-refractivity contribution in [2.45, 2.75) is 51.4 Å².